The van der Waals surface area contributed by atoms with Crippen LogP contribution in [0.4, 0.5) is 0 Å². The van der Waals surface area contributed by atoms with Crippen molar-refractivity contribution in [1.29, 1.82) is 0 Å². The van der Waals surface area contributed by atoms with Crippen LogP contribution >= 0.6 is 0 Å². The molecule has 0 bridgehead atoms. The van der Waals surface area contributed by atoms with Gasteiger partial charge < -0.3 is 14.9 Å². The smallest absolute Gasteiger partial charge is 0.328 e. The molecule has 0 saturated carbocycles. The van der Waals surface area contributed by atoms with E-state index in [1.54, 1.807) is 0 Å². The fraction of sp³-hybridized carbons (Fsp3) is 0.320. The third-order valence-corrected chi connectivity index (χ3v) is 5.23. The van der Waals surface area contributed by atoms with Crippen molar-refractivity contribution in [1.82, 2.24) is 9.55 Å². The molecule has 0 radical (unpaired) electrons. The molecule has 0 atom stereocenters. The number of ether oxygens (including phenoxy) is 1. The van der Waals surface area contributed by atoms with E-state index >= 15 is 0 Å². The van der Waals surface area contributed by atoms with Gasteiger partial charge in [0.2, 0.25) is 0 Å². The molecular weight excluding hydrogens is 406 g/mol. The maximum Gasteiger partial charge on any atom is 0.328 e. The van der Waals surface area contributed by atoms with Crippen molar-refractivity contribution in [2.45, 2.75) is 45.8 Å². The molecule has 7 heteroatoms. The van der Waals surface area contributed by atoms with Gasteiger partial charge in [-0.15, -0.1) is 0 Å². The van der Waals surface area contributed by atoms with Crippen LogP contribution in [0.15, 0.2) is 75.4 Å². The Balaban J connectivity index is 1.74. The summed E-state index contributed by atoms with van der Waals surface area (Å²) >= 11 is 0. The van der Waals surface area contributed by atoms with Crippen molar-refractivity contribution < 1.29 is 9.94 Å². The van der Waals surface area contributed by atoms with E-state index in [-0.39, 0.29) is 18.0 Å². The van der Waals surface area contributed by atoms with Crippen LogP contribution in [0.5, 0.6) is 0 Å². The van der Waals surface area contributed by atoms with Gasteiger partial charge in [0.25, 0.3) is 5.56 Å². The number of aromatic nitrogens is 2. The second-order valence-electron chi connectivity index (χ2n) is 7.99. The highest BCUT2D eigenvalue weighted by molar-refractivity contribution is 5.83. The van der Waals surface area contributed by atoms with E-state index in [9.17, 15) is 14.8 Å². The highest BCUT2D eigenvalue weighted by atomic mass is 16.5. The topological polar surface area (TPSA) is 96.7 Å². The van der Waals surface area contributed by atoms with Crippen molar-refractivity contribution >= 4 is 5.71 Å². The summed E-state index contributed by atoms with van der Waals surface area (Å²) in [5.41, 5.74) is 2.65. The summed E-state index contributed by atoms with van der Waals surface area (Å²) in [6.45, 7) is 4.50. The molecule has 0 amide bonds. The van der Waals surface area contributed by atoms with Gasteiger partial charge >= 0.3 is 5.69 Å². The summed E-state index contributed by atoms with van der Waals surface area (Å²) in [5.74, 6) is -0.0759. The van der Waals surface area contributed by atoms with Crippen LogP contribution < -0.4 is 11.2 Å². The Labute approximate surface area is 187 Å². The minimum Gasteiger partial charge on any atom is -0.411 e. The van der Waals surface area contributed by atoms with E-state index in [4.69, 9.17) is 4.74 Å². The minimum atomic E-state index is -0.517. The van der Waals surface area contributed by atoms with Gasteiger partial charge in [-0.05, 0) is 17.0 Å². The van der Waals surface area contributed by atoms with E-state index < -0.39 is 5.69 Å². The molecule has 0 aliphatic carbocycles. The molecule has 168 valence electrons. The third-order valence-electron chi connectivity index (χ3n) is 5.23. The zero-order valence-corrected chi connectivity index (χ0v) is 18.5. The molecule has 0 unspecified atom stereocenters. The third kappa shape index (κ3) is 6.04. The van der Waals surface area contributed by atoms with Crippen LogP contribution in [-0.2, 0) is 24.3 Å². The Morgan fingerprint density at radius 1 is 1.03 bits per heavy atom. The highest BCUT2D eigenvalue weighted by Crippen LogP contribution is 2.16. The first kappa shape index (κ1) is 23.2. The molecule has 0 spiro atoms. The van der Waals surface area contributed by atoms with Crippen molar-refractivity contribution in [3.63, 3.8) is 0 Å². The number of rotatable bonds is 10. The zero-order valence-electron chi connectivity index (χ0n) is 18.5. The molecule has 1 heterocycles. The van der Waals surface area contributed by atoms with Gasteiger partial charge in [0.1, 0.15) is 0 Å². The Morgan fingerprint density at radius 3 is 2.25 bits per heavy atom. The lowest BCUT2D eigenvalue weighted by molar-refractivity contribution is 0.126. The molecule has 1 aromatic heterocycles. The van der Waals surface area contributed by atoms with Gasteiger partial charge in [0.05, 0.1) is 25.5 Å². The summed E-state index contributed by atoms with van der Waals surface area (Å²) in [4.78, 5) is 28.8. The van der Waals surface area contributed by atoms with Gasteiger partial charge in [-0.3, -0.25) is 9.36 Å². The van der Waals surface area contributed by atoms with Gasteiger partial charge in [0, 0.05) is 24.1 Å². The number of aromatic amines is 1. The fourth-order valence-corrected chi connectivity index (χ4v) is 3.61. The quantitative estimate of drug-likeness (QED) is 0.220. The van der Waals surface area contributed by atoms with Crippen molar-refractivity contribution in [3.8, 4) is 0 Å². The van der Waals surface area contributed by atoms with E-state index in [0.717, 1.165) is 15.7 Å². The molecule has 0 aliphatic rings. The van der Waals surface area contributed by atoms with Crippen LogP contribution in [0.25, 0.3) is 0 Å². The Kier molecular flexibility index (Phi) is 8.16. The molecule has 7 nitrogen and oxygen atoms in total. The lowest BCUT2D eigenvalue weighted by Crippen LogP contribution is -2.41. The molecule has 32 heavy (non-hydrogen) atoms. The molecule has 2 aromatic carbocycles. The maximum absolute atomic E-state index is 13.2. The first-order valence-electron chi connectivity index (χ1n) is 10.7. The summed E-state index contributed by atoms with van der Waals surface area (Å²) < 4.78 is 6.73. The predicted octanol–water partition coefficient (Wildman–Crippen LogP) is 3.69. The van der Waals surface area contributed by atoms with Crippen LogP contribution in [0.1, 0.15) is 48.6 Å². The summed E-state index contributed by atoms with van der Waals surface area (Å²) in [6.07, 6.45) is 0.770. The number of hydrogen-bond donors (Lipinski definition) is 2. The maximum atomic E-state index is 13.2. The number of oxime groups is 1. The fourth-order valence-electron chi connectivity index (χ4n) is 3.61. The average Bonchev–Trinajstić information content (AvgIpc) is 2.79. The van der Waals surface area contributed by atoms with Crippen LogP contribution in [0.2, 0.25) is 0 Å². The Hall–Kier alpha value is -3.45. The monoisotopic (exact) mass is 435 g/mol. The second-order valence-corrected chi connectivity index (χ2v) is 7.99. The van der Waals surface area contributed by atoms with Crippen molar-refractivity contribution in [2.24, 2.45) is 5.16 Å². The summed E-state index contributed by atoms with van der Waals surface area (Å²) in [5, 5.41) is 12.7. The zero-order chi connectivity index (χ0) is 22.9. The van der Waals surface area contributed by atoms with Crippen LogP contribution in [0, 0.1) is 0 Å². The van der Waals surface area contributed by atoms with Crippen molar-refractivity contribution in [3.05, 3.63) is 104 Å². The number of nitrogens with zero attached hydrogens (tertiary/aromatic N) is 2. The van der Waals surface area contributed by atoms with Gasteiger partial charge in [0.15, 0.2) is 0 Å². The normalized spacial score (nSPS) is 11.8. The first-order chi connectivity index (χ1) is 15.5. The highest BCUT2D eigenvalue weighted by Gasteiger charge is 2.18. The number of hydrogen-bond acceptors (Lipinski definition) is 5. The largest absolute Gasteiger partial charge is 0.411 e. The van der Waals surface area contributed by atoms with Gasteiger partial charge in [-0.2, -0.15) is 0 Å². The minimum absolute atomic E-state index is 0.0759. The first-order valence-corrected chi connectivity index (χ1v) is 10.7. The molecule has 0 aliphatic heterocycles. The lowest BCUT2D eigenvalue weighted by atomic mass is 9.98. The van der Waals surface area contributed by atoms with Crippen LogP contribution in [0.3, 0.4) is 0 Å². The van der Waals surface area contributed by atoms with Gasteiger partial charge in [-0.1, -0.05) is 79.7 Å². The molecule has 0 saturated heterocycles. The van der Waals surface area contributed by atoms with E-state index in [1.165, 1.54) is 0 Å². The molecule has 3 aromatic rings. The summed E-state index contributed by atoms with van der Waals surface area (Å²) in [7, 11) is 0. The Morgan fingerprint density at radius 2 is 1.66 bits per heavy atom. The van der Waals surface area contributed by atoms with Crippen LogP contribution in [-0.4, -0.2) is 27.1 Å². The number of benzene rings is 2. The molecule has 3 rings (SSSR count). The second kappa shape index (κ2) is 11.2. The van der Waals surface area contributed by atoms with Gasteiger partial charge in [-0.25, -0.2) is 4.79 Å². The number of nitrogens with one attached hydrogen (secondary N) is 1. The Bertz CT molecular complexity index is 1150. The molecule has 2 N–H and O–H groups in total. The van der Waals surface area contributed by atoms with E-state index in [1.807, 2.05) is 74.5 Å². The van der Waals surface area contributed by atoms with Crippen molar-refractivity contribution in [2.75, 3.05) is 6.61 Å². The SMILES string of the molecule is CC(C)c1c(Cc2ccccc2)[nH]c(=O)n(CC(CCOCc2ccccc2)=NO)c1=O. The molecular formula is C25H29N3O4. The number of H-pyrrole nitrogens is 1. The lowest BCUT2D eigenvalue weighted by Gasteiger charge is -2.15. The predicted molar refractivity (Wildman–Crippen MR) is 125 cm³/mol. The standard InChI is InChI=1S/C25H29N3O4/c1-18(2)23-22(15-19-9-5-3-6-10-19)26-25(30)28(24(23)29)16-21(27-31)13-14-32-17-20-11-7-4-8-12-20/h3-12,18,31H,13-17H2,1-2H3,(H,26,30). The average molecular weight is 436 g/mol. The summed E-state index contributed by atoms with van der Waals surface area (Å²) in [6, 6.07) is 19.4. The molecule has 0 fully saturated rings. The van der Waals surface area contributed by atoms with E-state index in [0.29, 0.717) is 43.0 Å². The van der Waals surface area contributed by atoms with E-state index in [2.05, 4.69) is 10.1 Å².